The highest BCUT2D eigenvalue weighted by Crippen LogP contribution is 2.09. The first kappa shape index (κ1) is 19.1. The van der Waals surface area contributed by atoms with Crippen LogP contribution >= 0.6 is 0 Å². The van der Waals surface area contributed by atoms with E-state index in [0.717, 1.165) is 6.42 Å². The van der Waals surface area contributed by atoms with Gasteiger partial charge in [0.2, 0.25) is 0 Å². The molecule has 1 unspecified atom stereocenters. The largest absolute Gasteiger partial charge is 0.484 e. The van der Waals surface area contributed by atoms with E-state index in [2.05, 4.69) is 5.32 Å². The van der Waals surface area contributed by atoms with Gasteiger partial charge in [0, 0.05) is 33.3 Å². The molecule has 7 nitrogen and oxygen atoms in total. The number of hydrogen-bond acceptors (Lipinski definition) is 4. The number of carbonyl (C=O) groups excluding carboxylic acids is 2. The van der Waals surface area contributed by atoms with Crippen LogP contribution in [-0.2, 0) is 9.53 Å². The summed E-state index contributed by atoms with van der Waals surface area (Å²) in [6, 6.07) is 9.18. The lowest BCUT2D eigenvalue weighted by Crippen LogP contribution is -2.55. The SMILES string of the molecule is CCC(COC)NC(=O)N1CCN(C(=O)COc2ccccc2)CC1. The van der Waals surface area contributed by atoms with Crippen molar-refractivity contribution in [3.05, 3.63) is 30.3 Å². The molecule has 138 valence electrons. The Hall–Kier alpha value is -2.28. The minimum absolute atomic E-state index is 0.0106. The van der Waals surface area contributed by atoms with E-state index in [1.165, 1.54) is 0 Å². The number of amides is 3. The van der Waals surface area contributed by atoms with Crippen LogP contribution in [0.4, 0.5) is 4.79 Å². The predicted octanol–water partition coefficient (Wildman–Crippen LogP) is 1.34. The first-order valence-electron chi connectivity index (χ1n) is 8.64. The van der Waals surface area contributed by atoms with Gasteiger partial charge in [-0.3, -0.25) is 4.79 Å². The van der Waals surface area contributed by atoms with Crippen molar-refractivity contribution in [2.45, 2.75) is 19.4 Å². The fourth-order valence-electron chi connectivity index (χ4n) is 2.64. The number of nitrogens with one attached hydrogen (secondary N) is 1. The predicted molar refractivity (Wildman–Crippen MR) is 94.6 cm³/mol. The van der Waals surface area contributed by atoms with Gasteiger partial charge in [0.25, 0.3) is 5.91 Å². The van der Waals surface area contributed by atoms with Crippen LogP contribution < -0.4 is 10.1 Å². The first-order valence-corrected chi connectivity index (χ1v) is 8.64. The summed E-state index contributed by atoms with van der Waals surface area (Å²) in [6.07, 6.45) is 0.814. The lowest BCUT2D eigenvalue weighted by atomic mass is 10.2. The molecule has 1 saturated heterocycles. The number of urea groups is 1. The topological polar surface area (TPSA) is 71.1 Å². The van der Waals surface area contributed by atoms with Crippen LogP contribution in [0.1, 0.15) is 13.3 Å². The summed E-state index contributed by atoms with van der Waals surface area (Å²) < 4.78 is 10.6. The molecule has 0 radical (unpaired) electrons. The molecule has 0 aliphatic carbocycles. The maximum Gasteiger partial charge on any atom is 0.317 e. The molecule has 0 bridgehead atoms. The van der Waals surface area contributed by atoms with Gasteiger partial charge in [-0.15, -0.1) is 0 Å². The lowest BCUT2D eigenvalue weighted by molar-refractivity contribution is -0.134. The Morgan fingerprint density at radius 3 is 2.36 bits per heavy atom. The van der Waals surface area contributed by atoms with Gasteiger partial charge in [-0.25, -0.2) is 4.79 Å². The number of hydrogen-bond donors (Lipinski definition) is 1. The van der Waals surface area contributed by atoms with Crippen LogP contribution in [0.25, 0.3) is 0 Å². The molecule has 1 aromatic carbocycles. The molecule has 0 saturated carbocycles. The molecule has 1 heterocycles. The molecule has 1 aromatic rings. The molecule has 1 N–H and O–H groups in total. The Kier molecular flexibility index (Phi) is 7.53. The van der Waals surface area contributed by atoms with Crippen LogP contribution in [0.15, 0.2) is 30.3 Å². The molecule has 3 amide bonds. The summed E-state index contributed by atoms with van der Waals surface area (Å²) in [4.78, 5) is 28.0. The van der Waals surface area contributed by atoms with Crippen LogP contribution in [0.3, 0.4) is 0 Å². The number of para-hydroxylation sites is 1. The van der Waals surface area contributed by atoms with E-state index in [9.17, 15) is 9.59 Å². The first-order chi connectivity index (χ1) is 12.1. The highest BCUT2D eigenvalue weighted by Gasteiger charge is 2.25. The van der Waals surface area contributed by atoms with Crippen molar-refractivity contribution in [2.24, 2.45) is 0 Å². The lowest BCUT2D eigenvalue weighted by Gasteiger charge is -2.35. The van der Waals surface area contributed by atoms with E-state index in [1.807, 2.05) is 37.3 Å². The zero-order chi connectivity index (χ0) is 18.1. The van der Waals surface area contributed by atoms with E-state index in [0.29, 0.717) is 38.5 Å². The Labute approximate surface area is 148 Å². The minimum Gasteiger partial charge on any atom is -0.484 e. The van der Waals surface area contributed by atoms with Crippen LogP contribution in [0.2, 0.25) is 0 Å². The summed E-state index contributed by atoms with van der Waals surface area (Å²) in [5, 5.41) is 2.96. The molecule has 0 aromatic heterocycles. The van der Waals surface area contributed by atoms with Crippen LogP contribution in [-0.4, -0.2) is 74.3 Å². The third-order valence-electron chi connectivity index (χ3n) is 4.21. The van der Waals surface area contributed by atoms with Gasteiger partial charge in [0.1, 0.15) is 5.75 Å². The number of nitrogens with zero attached hydrogens (tertiary/aromatic N) is 2. The zero-order valence-corrected chi connectivity index (χ0v) is 14.9. The van der Waals surface area contributed by atoms with Gasteiger partial charge in [-0.05, 0) is 18.6 Å². The van der Waals surface area contributed by atoms with Gasteiger partial charge in [0.15, 0.2) is 6.61 Å². The summed E-state index contributed by atoms with van der Waals surface area (Å²) in [6.45, 7) is 4.60. The van der Waals surface area contributed by atoms with Crippen LogP contribution in [0.5, 0.6) is 5.75 Å². The maximum absolute atomic E-state index is 12.3. The molecule has 7 heteroatoms. The fraction of sp³-hybridized carbons (Fsp3) is 0.556. The molecule has 25 heavy (non-hydrogen) atoms. The van der Waals surface area contributed by atoms with Gasteiger partial charge >= 0.3 is 6.03 Å². The number of benzene rings is 1. The average Bonchev–Trinajstić information content (AvgIpc) is 2.66. The second-order valence-electron chi connectivity index (χ2n) is 5.98. The van der Waals surface area contributed by atoms with Gasteiger partial charge in [-0.1, -0.05) is 25.1 Å². The Balaban J connectivity index is 1.73. The Morgan fingerprint density at radius 1 is 1.12 bits per heavy atom. The normalized spacial score (nSPS) is 15.6. The summed E-state index contributed by atoms with van der Waals surface area (Å²) in [5.41, 5.74) is 0. The molecule has 1 aliphatic heterocycles. The summed E-state index contributed by atoms with van der Waals surface area (Å²) >= 11 is 0. The molecular formula is C18H27N3O4. The highest BCUT2D eigenvalue weighted by molar-refractivity contribution is 5.79. The second kappa shape index (κ2) is 9.88. The fourth-order valence-corrected chi connectivity index (χ4v) is 2.64. The molecule has 1 aliphatic rings. The molecule has 1 atom stereocenters. The molecule has 1 fully saturated rings. The third-order valence-corrected chi connectivity index (χ3v) is 4.21. The van der Waals surface area contributed by atoms with Crippen molar-refractivity contribution in [3.63, 3.8) is 0 Å². The molecule has 0 spiro atoms. The van der Waals surface area contributed by atoms with Crippen molar-refractivity contribution < 1.29 is 19.1 Å². The second-order valence-corrected chi connectivity index (χ2v) is 5.98. The van der Waals surface area contributed by atoms with Gasteiger partial charge in [0.05, 0.1) is 12.6 Å². The Morgan fingerprint density at radius 2 is 1.76 bits per heavy atom. The monoisotopic (exact) mass is 349 g/mol. The number of ether oxygens (including phenoxy) is 2. The van der Waals surface area contributed by atoms with Gasteiger partial charge < -0.3 is 24.6 Å². The summed E-state index contributed by atoms with van der Waals surface area (Å²) in [5.74, 6) is 0.618. The smallest absolute Gasteiger partial charge is 0.317 e. The van der Waals surface area contributed by atoms with Gasteiger partial charge in [-0.2, -0.15) is 0 Å². The van der Waals surface area contributed by atoms with E-state index in [-0.39, 0.29) is 24.6 Å². The van der Waals surface area contributed by atoms with E-state index in [1.54, 1.807) is 16.9 Å². The standard InChI is InChI=1S/C18H27N3O4/c1-3-15(13-24-2)19-18(23)21-11-9-20(10-12-21)17(22)14-25-16-7-5-4-6-8-16/h4-8,15H,3,9-14H2,1-2H3,(H,19,23). The van der Waals surface area contributed by atoms with Crippen molar-refractivity contribution in [1.82, 2.24) is 15.1 Å². The quantitative estimate of drug-likeness (QED) is 0.806. The summed E-state index contributed by atoms with van der Waals surface area (Å²) in [7, 11) is 1.62. The Bertz CT molecular complexity index is 545. The zero-order valence-electron chi connectivity index (χ0n) is 14.9. The van der Waals surface area contributed by atoms with Crippen molar-refractivity contribution in [2.75, 3.05) is 46.5 Å². The number of carbonyl (C=O) groups is 2. The molecule has 2 rings (SSSR count). The maximum atomic E-state index is 12.3. The third kappa shape index (κ3) is 5.94. The minimum atomic E-state index is -0.100. The number of rotatable bonds is 7. The van der Waals surface area contributed by atoms with E-state index >= 15 is 0 Å². The number of methoxy groups -OCH3 is 1. The van der Waals surface area contributed by atoms with Crippen molar-refractivity contribution in [1.29, 1.82) is 0 Å². The van der Waals surface area contributed by atoms with E-state index in [4.69, 9.17) is 9.47 Å². The van der Waals surface area contributed by atoms with Crippen molar-refractivity contribution >= 4 is 11.9 Å². The van der Waals surface area contributed by atoms with E-state index < -0.39 is 0 Å². The average molecular weight is 349 g/mol. The van der Waals surface area contributed by atoms with Crippen molar-refractivity contribution in [3.8, 4) is 5.75 Å². The molecular weight excluding hydrogens is 322 g/mol. The number of piperazine rings is 1. The van der Waals surface area contributed by atoms with Crippen LogP contribution in [0, 0.1) is 0 Å². The highest BCUT2D eigenvalue weighted by atomic mass is 16.5.